The van der Waals surface area contributed by atoms with Crippen molar-refractivity contribution < 1.29 is 28.8 Å². The summed E-state index contributed by atoms with van der Waals surface area (Å²) < 4.78 is 26.2. The van der Waals surface area contributed by atoms with E-state index in [4.69, 9.17) is 34.5 Å². The molecule has 0 saturated carbocycles. The molecule has 0 spiro atoms. The molecule has 3 N–H and O–H groups in total. The molecule has 0 aliphatic heterocycles. The largest absolute Gasteiger partial charge is 0.494 e. The van der Waals surface area contributed by atoms with Gasteiger partial charge in [0.05, 0.1) is 47.3 Å². The molecule has 0 saturated heterocycles. The number of hydrogen-bond acceptors (Lipinski definition) is 7. The van der Waals surface area contributed by atoms with Gasteiger partial charge >= 0.3 is 0 Å². The van der Waals surface area contributed by atoms with Crippen molar-refractivity contribution in [3.05, 3.63) is 12.1 Å². The van der Waals surface area contributed by atoms with Gasteiger partial charge in [-0.3, -0.25) is 0 Å². The van der Waals surface area contributed by atoms with Crippen LogP contribution in [0.4, 0.5) is 5.69 Å². The predicted molar refractivity (Wildman–Crippen MR) is 78.2 cm³/mol. The van der Waals surface area contributed by atoms with Crippen LogP contribution in [0.5, 0.6) is 17.2 Å². The van der Waals surface area contributed by atoms with Gasteiger partial charge in [-0.15, -0.1) is 0 Å². The highest BCUT2D eigenvalue weighted by molar-refractivity contribution is 5.65. The van der Waals surface area contributed by atoms with Gasteiger partial charge in [0.2, 0.25) is 0 Å². The van der Waals surface area contributed by atoms with E-state index in [9.17, 15) is 0 Å². The minimum Gasteiger partial charge on any atom is -0.494 e. The fraction of sp³-hybridized carbons (Fsp3) is 0.571. The number of nitrogen functional groups attached to an aromatic ring is 1. The van der Waals surface area contributed by atoms with Crippen LogP contribution < -0.4 is 19.9 Å². The van der Waals surface area contributed by atoms with Crippen molar-refractivity contribution in [2.24, 2.45) is 0 Å². The summed E-state index contributed by atoms with van der Waals surface area (Å²) in [6.07, 6.45) is 0. The van der Waals surface area contributed by atoms with E-state index in [0.717, 1.165) is 0 Å². The molecule has 1 rings (SSSR count). The quantitative estimate of drug-likeness (QED) is 0.459. The van der Waals surface area contributed by atoms with Crippen LogP contribution in [0.25, 0.3) is 0 Å². The van der Waals surface area contributed by atoms with Crippen molar-refractivity contribution >= 4 is 5.69 Å². The zero-order valence-electron chi connectivity index (χ0n) is 12.5. The third kappa shape index (κ3) is 6.07. The number of aliphatic hydroxyl groups excluding tert-OH is 1. The molecule has 0 amide bonds. The monoisotopic (exact) mass is 301 g/mol. The number of rotatable bonds is 11. The lowest BCUT2D eigenvalue weighted by Crippen LogP contribution is -2.12. The lowest BCUT2D eigenvalue weighted by molar-refractivity contribution is 0.0247. The lowest BCUT2D eigenvalue weighted by Gasteiger charge is -2.13. The topological polar surface area (TPSA) is 92.4 Å². The highest BCUT2D eigenvalue weighted by Gasteiger charge is 2.09. The third-order valence-corrected chi connectivity index (χ3v) is 2.62. The van der Waals surface area contributed by atoms with E-state index >= 15 is 0 Å². The number of ether oxygens (including phenoxy) is 5. The van der Waals surface area contributed by atoms with E-state index < -0.39 is 0 Å². The Morgan fingerprint density at radius 1 is 0.905 bits per heavy atom. The van der Waals surface area contributed by atoms with Crippen molar-refractivity contribution in [1.82, 2.24) is 0 Å². The molecule has 0 fully saturated rings. The second-order valence-electron chi connectivity index (χ2n) is 4.04. The van der Waals surface area contributed by atoms with Crippen molar-refractivity contribution in [2.45, 2.75) is 0 Å². The van der Waals surface area contributed by atoms with Gasteiger partial charge in [-0.2, -0.15) is 0 Å². The maximum Gasteiger partial charge on any atom is 0.149 e. The van der Waals surface area contributed by atoms with Crippen LogP contribution in [-0.2, 0) is 9.47 Å². The third-order valence-electron chi connectivity index (χ3n) is 2.62. The summed E-state index contributed by atoms with van der Waals surface area (Å²) in [4.78, 5) is 0. The van der Waals surface area contributed by atoms with E-state index in [2.05, 4.69) is 0 Å². The lowest BCUT2D eigenvalue weighted by atomic mass is 10.2. The summed E-state index contributed by atoms with van der Waals surface area (Å²) in [6.45, 7) is 2.06. The predicted octanol–water partition coefficient (Wildman–Crippen LogP) is 0.690. The Bertz CT molecular complexity index is 387. The van der Waals surface area contributed by atoms with E-state index in [-0.39, 0.29) is 6.61 Å². The van der Waals surface area contributed by atoms with Gasteiger partial charge in [0.15, 0.2) is 0 Å². The Labute approximate surface area is 124 Å². The molecule has 0 unspecified atom stereocenters. The molecule has 7 nitrogen and oxygen atoms in total. The van der Waals surface area contributed by atoms with Gasteiger partial charge in [0, 0.05) is 12.1 Å². The maximum absolute atomic E-state index is 8.52. The van der Waals surface area contributed by atoms with Crippen LogP contribution in [0.2, 0.25) is 0 Å². The van der Waals surface area contributed by atoms with Crippen LogP contribution in [0.1, 0.15) is 0 Å². The zero-order valence-corrected chi connectivity index (χ0v) is 12.5. The molecule has 0 aliphatic rings. The Hall–Kier alpha value is -1.70. The normalized spacial score (nSPS) is 10.4. The molecule has 0 heterocycles. The average Bonchev–Trinajstić information content (AvgIpc) is 2.51. The number of methoxy groups -OCH3 is 2. The second kappa shape index (κ2) is 10.1. The average molecular weight is 301 g/mol. The first kappa shape index (κ1) is 17.4. The smallest absolute Gasteiger partial charge is 0.149 e. The van der Waals surface area contributed by atoms with Gasteiger partial charge in [-0.25, -0.2) is 0 Å². The maximum atomic E-state index is 8.52. The second-order valence-corrected chi connectivity index (χ2v) is 4.04. The molecule has 0 atom stereocenters. The summed E-state index contributed by atoms with van der Waals surface area (Å²) in [6, 6.07) is 3.39. The SMILES string of the molecule is COc1cc(OCCOCCOCCO)cc(OC)c1N. The standard InChI is InChI=1S/C14H23NO6/c1-17-12-9-11(10-13(18-2)14(12)15)21-8-7-20-6-5-19-4-3-16/h9-10,16H,3-8,15H2,1-2H3. The summed E-state index contributed by atoms with van der Waals surface area (Å²) in [7, 11) is 3.06. The molecule has 0 bridgehead atoms. The molecule has 1 aromatic carbocycles. The van der Waals surface area contributed by atoms with E-state index in [0.29, 0.717) is 56.0 Å². The fourth-order valence-corrected chi connectivity index (χ4v) is 1.60. The number of hydrogen-bond donors (Lipinski definition) is 2. The minimum absolute atomic E-state index is 0.0178. The van der Waals surface area contributed by atoms with E-state index in [1.165, 1.54) is 14.2 Å². The van der Waals surface area contributed by atoms with E-state index in [1.807, 2.05) is 0 Å². The molecule has 1 aromatic rings. The van der Waals surface area contributed by atoms with Gasteiger partial charge in [0.1, 0.15) is 29.5 Å². The first-order chi connectivity index (χ1) is 10.2. The first-order valence-electron chi connectivity index (χ1n) is 6.63. The molecule has 0 aliphatic carbocycles. The molecule has 0 aromatic heterocycles. The van der Waals surface area contributed by atoms with Crippen LogP contribution in [0.3, 0.4) is 0 Å². The van der Waals surface area contributed by atoms with Gasteiger partial charge in [-0.05, 0) is 0 Å². The molecule has 7 heteroatoms. The molecular formula is C14H23NO6. The van der Waals surface area contributed by atoms with Crippen molar-refractivity contribution in [3.8, 4) is 17.2 Å². The molecule has 120 valence electrons. The van der Waals surface area contributed by atoms with Gasteiger partial charge in [0.25, 0.3) is 0 Å². The molecule has 0 radical (unpaired) electrons. The summed E-state index contributed by atoms with van der Waals surface area (Å²) in [5.41, 5.74) is 6.28. The van der Waals surface area contributed by atoms with Crippen LogP contribution in [0, 0.1) is 0 Å². The molecule has 21 heavy (non-hydrogen) atoms. The Kier molecular flexibility index (Phi) is 8.34. The first-order valence-corrected chi connectivity index (χ1v) is 6.63. The van der Waals surface area contributed by atoms with Crippen molar-refractivity contribution in [1.29, 1.82) is 0 Å². The number of anilines is 1. The van der Waals surface area contributed by atoms with Gasteiger partial charge in [-0.1, -0.05) is 0 Å². The Morgan fingerprint density at radius 3 is 1.95 bits per heavy atom. The van der Waals surface area contributed by atoms with E-state index in [1.54, 1.807) is 12.1 Å². The summed E-state index contributed by atoms with van der Waals surface area (Å²) >= 11 is 0. The summed E-state index contributed by atoms with van der Waals surface area (Å²) in [5, 5.41) is 8.52. The van der Waals surface area contributed by atoms with Crippen LogP contribution in [-0.4, -0.2) is 59.0 Å². The van der Waals surface area contributed by atoms with Crippen molar-refractivity contribution in [3.63, 3.8) is 0 Å². The van der Waals surface area contributed by atoms with Crippen molar-refractivity contribution in [2.75, 3.05) is 59.6 Å². The van der Waals surface area contributed by atoms with Crippen LogP contribution >= 0.6 is 0 Å². The molecular weight excluding hydrogens is 278 g/mol. The minimum atomic E-state index is 0.0178. The highest BCUT2D eigenvalue weighted by atomic mass is 16.5. The Morgan fingerprint density at radius 2 is 1.43 bits per heavy atom. The van der Waals surface area contributed by atoms with Gasteiger partial charge < -0.3 is 34.5 Å². The van der Waals surface area contributed by atoms with Crippen LogP contribution in [0.15, 0.2) is 12.1 Å². The highest BCUT2D eigenvalue weighted by Crippen LogP contribution is 2.36. The fourth-order valence-electron chi connectivity index (χ4n) is 1.60. The number of aliphatic hydroxyl groups is 1. The summed E-state index contributed by atoms with van der Waals surface area (Å²) in [5.74, 6) is 1.60. The number of nitrogens with two attached hydrogens (primary N) is 1. The zero-order chi connectivity index (χ0) is 15.5. The Balaban J connectivity index is 2.32. The number of benzene rings is 1.